The van der Waals surface area contributed by atoms with Crippen molar-refractivity contribution < 1.29 is 0 Å². The normalized spacial score (nSPS) is 11.6. The highest BCUT2D eigenvalue weighted by Crippen LogP contribution is 1.97. The summed E-state index contributed by atoms with van der Waals surface area (Å²) in [5.74, 6) is 0. The molecule has 0 rings (SSSR count). The lowest BCUT2D eigenvalue weighted by Crippen LogP contribution is -2.36. The summed E-state index contributed by atoms with van der Waals surface area (Å²) >= 11 is 0. The van der Waals surface area contributed by atoms with Crippen LogP contribution in [0.5, 0.6) is 0 Å². The lowest BCUT2D eigenvalue weighted by molar-refractivity contribution is 0.234. The van der Waals surface area contributed by atoms with E-state index in [-0.39, 0.29) is 0 Å². The Kier molecular flexibility index (Phi) is 10.4. The summed E-state index contributed by atoms with van der Waals surface area (Å²) in [5.41, 5.74) is 0. The van der Waals surface area contributed by atoms with Crippen LogP contribution in [0.15, 0.2) is 0 Å². The van der Waals surface area contributed by atoms with Crippen molar-refractivity contribution in [1.29, 1.82) is 0 Å². The SMILES string of the molecule is CCCCCCNCCN(CC)C(C)C. The standard InChI is InChI=1S/C13H30N2/c1-5-7-8-9-10-14-11-12-15(6-2)13(3)4/h13-14H,5-12H2,1-4H3. The molecule has 0 atom stereocenters. The van der Waals surface area contributed by atoms with Crippen molar-refractivity contribution in [2.24, 2.45) is 0 Å². The number of nitrogens with zero attached hydrogens (tertiary/aromatic N) is 1. The van der Waals surface area contributed by atoms with Crippen LogP contribution in [0.25, 0.3) is 0 Å². The third-order valence-corrected chi connectivity index (χ3v) is 2.92. The van der Waals surface area contributed by atoms with E-state index in [2.05, 4.69) is 37.9 Å². The maximum atomic E-state index is 3.52. The van der Waals surface area contributed by atoms with Crippen molar-refractivity contribution in [3.8, 4) is 0 Å². The van der Waals surface area contributed by atoms with Crippen LogP contribution < -0.4 is 5.32 Å². The summed E-state index contributed by atoms with van der Waals surface area (Å²) in [5, 5.41) is 3.52. The molecule has 0 aromatic rings. The Morgan fingerprint density at radius 2 is 1.73 bits per heavy atom. The molecule has 0 aliphatic carbocycles. The molecule has 92 valence electrons. The first-order chi connectivity index (χ1) is 7.22. The van der Waals surface area contributed by atoms with Crippen LogP contribution in [0.2, 0.25) is 0 Å². The van der Waals surface area contributed by atoms with Gasteiger partial charge >= 0.3 is 0 Å². The van der Waals surface area contributed by atoms with Gasteiger partial charge in [0, 0.05) is 19.1 Å². The lowest BCUT2D eigenvalue weighted by atomic mass is 10.2. The maximum Gasteiger partial charge on any atom is 0.0109 e. The van der Waals surface area contributed by atoms with Crippen molar-refractivity contribution >= 4 is 0 Å². The van der Waals surface area contributed by atoms with E-state index in [9.17, 15) is 0 Å². The second-order valence-electron chi connectivity index (χ2n) is 4.53. The molecule has 0 amide bonds. The molecule has 0 aromatic carbocycles. The predicted octanol–water partition coefficient (Wildman–Crippen LogP) is 2.89. The zero-order valence-corrected chi connectivity index (χ0v) is 11.2. The molecule has 0 aliphatic rings. The quantitative estimate of drug-likeness (QED) is 0.563. The third-order valence-electron chi connectivity index (χ3n) is 2.92. The summed E-state index contributed by atoms with van der Waals surface area (Å²) < 4.78 is 0. The van der Waals surface area contributed by atoms with Crippen molar-refractivity contribution in [2.75, 3.05) is 26.2 Å². The van der Waals surface area contributed by atoms with Crippen molar-refractivity contribution in [1.82, 2.24) is 10.2 Å². The van der Waals surface area contributed by atoms with Gasteiger partial charge in [-0.25, -0.2) is 0 Å². The lowest BCUT2D eigenvalue weighted by Gasteiger charge is -2.24. The molecule has 0 saturated carbocycles. The van der Waals surface area contributed by atoms with E-state index in [1.807, 2.05) is 0 Å². The molecule has 1 N–H and O–H groups in total. The van der Waals surface area contributed by atoms with Crippen molar-refractivity contribution in [3.63, 3.8) is 0 Å². The highest BCUT2D eigenvalue weighted by atomic mass is 15.2. The zero-order chi connectivity index (χ0) is 11.5. The van der Waals surface area contributed by atoms with E-state index in [0.717, 1.165) is 13.1 Å². The first kappa shape index (κ1) is 14.9. The smallest absolute Gasteiger partial charge is 0.0109 e. The van der Waals surface area contributed by atoms with E-state index in [4.69, 9.17) is 0 Å². The fourth-order valence-electron chi connectivity index (χ4n) is 1.81. The molecule has 0 saturated heterocycles. The fraction of sp³-hybridized carbons (Fsp3) is 1.00. The Morgan fingerprint density at radius 3 is 2.27 bits per heavy atom. The number of rotatable bonds is 10. The molecule has 0 radical (unpaired) electrons. The summed E-state index contributed by atoms with van der Waals surface area (Å²) in [6.07, 6.45) is 5.43. The van der Waals surface area contributed by atoms with Gasteiger partial charge in [0.05, 0.1) is 0 Å². The fourth-order valence-corrected chi connectivity index (χ4v) is 1.81. The van der Waals surface area contributed by atoms with Gasteiger partial charge in [-0.3, -0.25) is 4.90 Å². The average molecular weight is 214 g/mol. The summed E-state index contributed by atoms with van der Waals surface area (Å²) in [4.78, 5) is 2.50. The van der Waals surface area contributed by atoms with Crippen LogP contribution in [-0.2, 0) is 0 Å². The molecule has 0 heterocycles. The first-order valence-electron chi connectivity index (χ1n) is 6.67. The number of unbranched alkanes of at least 4 members (excludes halogenated alkanes) is 3. The Bertz CT molecular complexity index is 124. The van der Waals surface area contributed by atoms with Crippen molar-refractivity contribution in [2.45, 2.75) is 59.4 Å². The van der Waals surface area contributed by atoms with Gasteiger partial charge in [0.25, 0.3) is 0 Å². The molecule has 0 spiro atoms. The Balaban J connectivity index is 3.22. The molecular weight excluding hydrogens is 184 g/mol. The van der Waals surface area contributed by atoms with Gasteiger partial charge in [-0.05, 0) is 33.4 Å². The van der Waals surface area contributed by atoms with Crippen LogP contribution in [0, 0.1) is 0 Å². The van der Waals surface area contributed by atoms with Crippen LogP contribution in [-0.4, -0.2) is 37.1 Å². The van der Waals surface area contributed by atoms with Gasteiger partial charge in [-0.1, -0.05) is 33.1 Å². The van der Waals surface area contributed by atoms with Crippen molar-refractivity contribution in [3.05, 3.63) is 0 Å². The minimum Gasteiger partial charge on any atom is -0.315 e. The summed E-state index contributed by atoms with van der Waals surface area (Å²) in [6, 6.07) is 0.678. The van der Waals surface area contributed by atoms with Gasteiger partial charge < -0.3 is 5.32 Å². The van der Waals surface area contributed by atoms with E-state index in [1.165, 1.54) is 38.8 Å². The first-order valence-corrected chi connectivity index (χ1v) is 6.67. The highest BCUT2D eigenvalue weighted by Gasteiger charge is 2.04. The minimum atomic E-state index is 0.678. The molecular formula is C13H30N2. The van der Waals surface area contributed by atoms with Crippen LogP contribution >= 0.6 is 0 Å². The third kappa shape index (κ3) is 8.88. The Hall–Kier alpha value is -0.0800. The van der Waals surface area contributed by atoms with Crippen LogP contribution in [0.4, 0.5) is 0 Å². The molecule has 0 aromatic heterocycles. The molecule has 0 fully saturated rings. The highest BCUT2D eigenvalue weighted by molar-refractivity contribution is 4.62. The monoisotopic (exact) mass is 214 g/mol. The Labute approximate surface area is 96.4 Å². The van der Waals surface area contributed by atoms with Crippen LogP contribution in [0.1, 0.15) is 53.4 Å². The van der Waals surface area contributed by atoms with Crippen LogP contribution in [0.3, 0.4) is 0 Å². The van der Waals surface area contributed by atoms with E-state index < -0.39 is 0 Å². The molecule has 0 aliphatic heterocycles. The Morgan fingerprint density at radius 1 is 1.00 bits per heavy atom. The molecule has 0 unspecified atom stereocenters. The van der Waals surface area contributed by atoms with Gasteiger partial charge in [0.1, 0.15) is 0 Å². The second-order valence-corrected chi connectivity index (χ2v) is 4.53. The van der Waals surface area contributed by atoms with Gasteiger partial charge in [-0.2, -0.15) is 0 Å². The molecule has 0 bridgehead atoms. The number of nitrogens with one attached hydrogen (secondary N) is 1. The molecule has 2 nitrogen and oxygen atoms in total. The van der Waals surface area contributed by atoms with Gasteiger partial charge in [0.15, 0.2) is 0 Å². The largest absolute Gasteiger partial charge is 0.315 e. The molecule has 2 heteroatoms. The zero-order valence-electron chi connectivity index (χ0n) is 11.2. The summed E-state index contributed by atoms with van der Waals surface area (Å²) in [6.45, 7) is 13.7. The van der Waals surface area contributed by atoms with E-state index >= 15 is 0 Å². The van der Waals surface area contributed by atoms with Gasteiger partial charge in [0.2, 0.25) is 0 Å². The number of likely N-dealkylation sites (N-methyl/N-ethyl adjacent to an activating group) is 1. The molecule has 15 heavy (non-hydrogen) atoms. The van der Waals surface area contributed by atoms with E-state index in [0.29, 0.717) is 6.04 Å². The number of hydrogen-bond donors (Lipinski definition) is 1. The topological polar surface area (TPSA) is 15.3 Å². The number of hydrogen-bond acceptors (Lipinski definition) is 2. The average Bonchev–Trinajstić information content (AvgIpc) is 2.21. The summed E-state index contributed by atoms with van der Waals surface area (Å²) in [7, 11) is 0. The minimum absolute atomic E-state index is 0.678. The van der Waals surface area contributed by atoms with E-state index in [1.54, 1.807) is 0 Å². The van der Waals surface area contributed by atoms with Gasteiger partial charge in [-0.15, -0.1) is 0 Å². The second kappa shape index (κ2) is 10.4. The predicted molar refractivity (Wildman–Crippen MR) is 69.4 cm³/mol. The maximum absolute atomic E-state index is 3.52.